The molecular formula is C17H23F2NO3. The maximum atomic E-state index is 13.2. The van der Waals surface area contributed by atoms with E-state index < -0.39 is 23.8 Å². The predicted molar refractivity (Wildman–Crippen MR) is 81.7 cm³/mol. The Morgan fingerprint density at radius 2 is 2.22 bits per heavy atom. The molecular weight excluding hydrogens is 304 g/mol. The average Bonchev–Trinajstić information content (AvgIpc) is 2.55. The number of hydrogen-bond acceptors (Lipinski definition) is 3. The molecule has 1 amide bonds. The van der Waals surface area contributed by atoms with Gasteiger partial charge in [-0.05, 0) is 49.8 Å². The van der Waals surface area contributed by atoms with Crippen LogP contribution in [0.2, 0.25) is 0 Å². The van der Waals surface area contributed by atoms with Crippen LogP contribution >= 0.6 is 0 Å². The highest BCUT2D eigenvalue weighted by atomic mass is 19.2. The number of rotatable bonds is 6. The molecule has 6 heteroatoms. The van der Waals surface area contributed by atoms with E-state index in [4.69, 9.17) is 4.74 Å². The van der Waals surface area contributed by atoms with Gasteiger partial charge in [0, 0.05) is 19.6 Å². The average molecular weight is 327 g/mol. The summed E-state index contributed by atoms with van der Waals surface area (Å²) in [5.41, 5.74) is 0.234. The SMILES string of the molecule is CC(NC(=O)CCC1CCCOC1)C(O)c1ccc(F)c(F)c1. The zero-order chi connectivity index (χ0) is 16.8. The van der Waals surface area contributed by atoms with Crippen LogP contribution < -0.4 is 5.32 Å². The molecule has 23 heavy (non-hydrogen) atoms. The number of aliphatic hydroxyl groups excluding tert-OH is 1. The summed E-state index contributed by atoms with van der Waals surface area (Å²) in [4.78, 5) is 12.0. The number of halogens is 2. The van der Waals surface area contributed by atoms with Gasteiger partial charge < -0.3 is 15.2 Å². The van der Waals surface area contributed by atoms with E-state index in [0.717, 1.165) is 38.0 Å². The molecule has 2 N–H and O–H groups in total. The molecule has 0 aromatic heterocycles. The van der Waals surface area contributed by atoms with Gasteiger partial charge in [-0.25, -0.2) is 8.78 Å². The summed E-state index contributed by atoms with van der Waals surface area (Å²) in [6.45, 7) is 3.12. The van der Waals surface area contributed by atoms with Crippen molar-refractivity contribution in [1.29, 1.82) is 0 Å². The van der Waals surface area contributed by atoms with E-state index in [9.17, 15) is 18.7 Å². The summed E-state index contributed by atoms with van der Waals surface area (Å²) in [7, 11) is 0. The summed E-state index contributed by atoms with van der Waals surface area (Å²) < 4.78 is 31.5. The Bertz CT molecular complexity index is 533. The largest absolute Gasteiger partial charge is 0.386 e. The van der Waals surface area contributed by atoms with Crippen molar-refractivity contribution in [3.05, 3.63) is 35.4 Å². The highest BCUT2D eigenvalue weighted by Gasteiger charge is 2.21. The molecule has 3 atom stereocenters. The second-order valence-electron chi connectivity index (χ2n) is 6.10. The van der Waals surface area contributed by atoms with Crippen LogP contribution in [0.5, 0.6) is 0 Å². The molecule has 0 saturated carbocycles. The second kappa shape index (κ2) is 8.36. The van der Waals surface area contributed by atoms with Gasteiger partial charge in [0.15, 0.2) is 11.6 Å². The Kier molecular flexibility index (Phi) is 6.47. The number of ether oxygens (including phenoxy) is 1. The third-order valence-electron chi connectivity index (χ3n) is 4.18. The van der Waals surface area contributed by atoms with Crippen molar-refractivity contribution in [2.45, 2.75) is 44.8 Å². The van der Waals surface area contributed by atoms with Crippen LogP contribution in [0, 0.1) is 17.6 Å². The van der Waals surface area contributed by atoms with Crippen LogP contribution in [0.4, 0.5) is 8.78 Å². The van der Waals surface area contributed by atoms with Gasteiger partial charge in [-0.3, -0.25) is 4.79 Å². The van der Waals surface area contributed by atoms with Crippen molar-refractivity contribution in [3.63, 3.8) is 0 Å². The first kappa shape index (κ1) is 17.8. The zero-order valence-corrected chi connectivity index (χ0v) is 13.2. The van der Waals surface area contributed by atoms with Gasteiger partial charge in [-0.1, -0.05) is 6.07 Å². The van der Waals surface area contributed by atoms with Gasteiger partial charge in [0.25, 0.3) is 0 Å². The molecule has 0 bridgehead atoms. The fourth-order valence-corrected chi connectivity index (χ4v) is 2.76. The van der Waals surface area contributed by atoms with Gasteiger partial charge in [0.2, 0.25) is 5.91 Å². The van der Waals surface area contributed by atoms with Gasteiger partial charge in [0.1, 0.15) is 0 Å². The Morgan fingerprint density at radius 1 is 1.43 bits per heavy atom. The summed E-state index contributed by atoms with van der Waals surface area (Å²) in [5.74, 6) is -1.74. The molecule has 4 nitrogen and oxygen atoms in total. The quantitative estimate of drug-likeness (QED) is 0.844. The van der Waals surface area contributed by atoms with E-state index >= 15 is 0 Å². The number of carbonyl (C=O) groups is 1. The van der Waals surface area contributed by atoms with Crippen LogP contribution in [-0.4, -0.2) is 30.3 Å². The zero-order valence-electron chi connectivity index (χ0n) is 13.2. The van der Waals surface area contributed by atoms with Crippen LogP contribution in [-0.2, 0) is 9.53 Å². The fourth-order valence-electron chi connectivity index (χ4n) is 2.76. The van der Waals surface area contributed by atoms with Gasteiger partial charge in [-0.2, -0.15) is 0 Å². The normalized spacial score (nSPS) is 20.8. The van der Waals surface area contributed by atoms with Gasteiger partial charge >= 0.3 is 0 Å². The highest BCUT2D eigenvalue weighted by Crippen LogP contribution is 2.21. The van der Waals surface area contributed by atoms with Crippen LogP contribution in [0.15, 0.2) is 18.2 Å². The Morgan fingerprint density at radius 3 is 2.87 bits per heavy atom. The third-order valence-corrected chi connectivity index (χ3v) is 4.18. The lowest BCUT2D eigenvalue weighted by molar-refractivity contribution is -0.123. The van der Waals surface area contributed by atoms with Gasteiger partial charge in [-0.15, -0.1) is 0 Å². The molecule has 1 aliphatic heterocycles. The summed E-state index contributed by atoms with van der Waals surface area (Å²) >= 11 is 0. The maximum Gasteiger partial charge on any atom is 0.220 e. The number of nitrogens with one attached hydrogen (secondary N) is 1. The smallest absolute Gasteiger partial charge is 0.220 e. The second-order valence-corrected chi connectivity index (χ2v) is 6.10. The first-order valence-electron chi connectivity index (χ1n) is 7.97. The predicted octanol–water partition coefficient (Wildman–Crippen LogP) is 2.71. The molecule has 1 saturated heterocycles. The van der Waals surface area contributed by atoms with Crippen LogP contribution in [0.25, 0.3) is 0 Å². The molecule has 1 aromatic carbocycles. The summed E-state index contributed by atoms with van der Waals surface area (Å²) in [5, 5.41) is 12.9. The molecule has 1 heterocycles. The molecule has 1 aliphatic rings. The van der Waals surface area contributed by atoms with Crippen molar-refractivity contribution < 1.29 is 23.4 Å². The number of amides is 1. The molecule has 1 aromatic rings. The topological polar surface area (TPSA) is 58.6 Å². The molecule has 2 rings (SSSR count). The Labute approximate surface area is 134 Å². The van der Waals surface area contributed by atoms with E-state index in [1.165, 1.54) is 6.07 Å². The monoisotopic (exact) mass is 327 g/mol. The van der Waals surface area contributed by atoms with Crippen molar-refractivity contribution in [1.82, 2.24) is 5.32 Å². The first-order chi connectivity index (χ1) is 11.0. The molecule has 0 spiro atoms. The first-order valence-corrected chi connectivity index (χ1v) is 7.97. The number of carbonyl (C=O) groups excluding carboxylic acids is 1. The van der Waals surface area contributed by atoms with Crippen LogP contribution in [0.1, 0.15) is 44.3 Å². The van der Waals surface area contributed by atoms with Crippen molar-refractivity contribution >= 4 is 5.91 Å². The maximum absolute atomic E-state index is 13.2. The number of benzene rings is 1. The summed E-state index contributed by atoms with van der Waals surface area (Å²) in [6.07, 6.45) is 2.12. The van der Waals surface area contributed by atoms with E-state index in [1.54, 1.807) is 6.92 Å². The number of aliphatic hydroxyl groups is 1. The third kappa shape index (κ3) is 5.25. The van der Waals surface area contributed by atoms with Gasteiger partial charge in [0.05, 0.1) is 12.1 Å². The minimum Gasteiger partial charge on any atom is -0.386 e. The molecule has 3 unspecified atom stereocenters. The number of hydrogen-bond donors (Lipinski definition) is 2. The Balaban J connectivity index is 1.81. The molecule has 0 aliphatic carbocycles. The molecule has 1 fully saturated rings. The lowest BCUT2D eigenvalue weighted by Crippen LogP contribution is -2.37. The van der Waals surface area contributed by atoms with Crippen molar-refractivity contribution in [3.8, 4) is 0 Å². The fraction of sp³-hybridized carbons (Fsp3) is 0.588. The van der Waals surface area contributed by atoms with E-state index in [-0.39, 0.29) is 11.5 Å². The Hall–Kier alpha value is -1.53. The standard InChI is InChI=1S/C17H23F2NO3/c1-11(17(22)13-5-6-14(18)15(19)9-13)20-16(21)7-4-12-3-2-8-23-10-12/h5-6,9,11-12,17,22H,2-4,7-8,10H2,1H3,(H,20,21). The van der Waals surface area contributed by atoms with Crippen molar-refractivity contribution in [2.75, 3.05) is 13.2 Å². The summed E-state index contributed by atoms with van der Waals surface area (Å²) in [6, 6.07) is 2.63. The molecule has 128 valence electrons. The van der Waals surface area contributed by atoms with Crippen molar-refractivity contribution in [2.24, 2.45) is 5.92 Å². The molecule has 0 radical (unpaired) electrons. The minimum atomic E-state index is -1.09. The van der Waals surface area contributed by atoms with E-state index in [2.05, 4.69) is 5.32 Å². The highest BCUT2D eigenvalue weighted by molar-refractivity contribution is 5.76. The lowest BCUT2D eigenvalue weighted by atomic mass is 9.96. The van der Waals surface area contributed by atoms with E-state index in [1.807, 2.05) is 0 Å². The lowest BCUT2D eigenvalue weighted by Gasteiger charge is -2.23. The van der Waals surface area contributed by atoms with E-state index in [0.29, 0.717) is 18.9 Å². The minimum absolute atomic E-state index is 0.162. The van der Waals surface area contributed by atoms with Crippen LogP contribution in [0.3, 0.4) is 0 Å².